The Morgan fingerprint density at radius 3 is 2.57 bits per heavy atom. The van der Waals surface area contributed by atoms with Gasteiger partial charge in [-0.05, 0) is 37.3 Å². The predicted octanol–water partition coefficient (Wildman–Crippen LogP) is 2.11. The predicted molar refractivity (Wildman–Crippen MR) is 111 cm³/mol. The number of nitrogens with zero attached hydrogens (tertiary/aromatic N) is 2. The van der Waals surface area contributed by atoms with Crippen molar-refractivity contribution in [2.24, 2.45) is 10.9 Å². The number of hydrogen-bond acceptors (Lipinski definition) is 4. The van der Waals surface area contributed by atoms with Crippen molar-refractivity contribution in [3.63, 3.8) is 0 Å². The van der Waals surface area contributed by atoms with Gasteiger partial charge in [0.2, 0.25) is 0 Å². The van der Waals surface area contributed by atoms with Crippen LogP contribution < -0.4 is 9.80 Å². The number of para-hydroxylation sites is 1. The lowest BCUT2D eigenvalue weighted by Crippen LogP contribution is -3.14. The van der Waals surface area contributed by atoms with Crippen LogP contribution in [-0.4, -0.2) is 44.0 Å². The van der Waals surface area contributed by atoms with Gasteiger partial charge < -0.3 is 9.64 Å². The number of quaternary nitrogens is 1. The maximum Gasteiger partial charge on any atom is 0.309 e. The summed E-state index contributed by atoms with van der Waals surface area (Å²) < 4.78 is 18.3. The van der Waals surface area contributed by atoms with E-state index in [-0.39, 0.29) is 23.6 Å². The molecule has 0 saturated carbocycles. The number of hydrogen-bond donors (Lipinski definition) is 1. The van der Waals surface area contributed by atoms with Gasteiger partial charge in [-0.1, -0.05) is 18.2 Å². The van der Waals surface area contributed by atoms with Crippen molar-refractivity contribution in [2.45, 2.75) is 19.8 Å². The number of aliphatic imine (C=N–C) groups is 1. The molecule has 0 radical (unpaired) electrons. The Morgan fingerprint density at radius 1 is 1.17 bits per heavy atom. The zero-order valence-corrected chi connectivity index (χ0v) is 16.9. The molecule has 0 unspecified atom stereocenters. The highest BCUT2D eigenvalue weighted by Gasteiger charge is 2.37. The normalized spacial score (nSPS) is 22.3. The molecule has 2 aromatic rings. The Balaban J connectivity index is 1.50. The molecule has 0 aliphatic carbocycles. The number of benzene rings is 2. The van der Waals surface area contributed by atoms with E-state index in [0.29, 0.717) is 24.7 Å². The lowest BCUT2D eigenvalue weighted by Gasteiger charge is -2.30. The maximum atomic E-state index is 13.2. The summed E-state index contributed by atoms with van der Waals surface area (Å²) in [5.41, 5.74) is 2.54. The van der Waals surface area contributed by atoms with Gasteiger partial charge >= 0.3 is 5.97 Å². The van der Waals surface area contributed by atoms with Crippen LogP contribution in [0.4, 0.5) is 15.8 Å². The van der Waals surface area contributed by atoms with Crippen LogP contribution in [0, 0.1) is 11.7 Å². The van der Waals surface area contributed by atoms with E-state index in [2.05, 4.69) is 4.99 Å². The number of carbonyl (C=O) groups is 2. The van der Waals surface area contributed by atoms with E-state index in [1.165, 1.54) is 17.0 Å². The second kappa shape index (κ2) is 8.75. The molecular formula is C23H25FN3O3+. The van der Waals surface area contributed by atoms with Crippen molar-refractivity contribution >= 4 is 29.0 Å². The molecular weight excluding hydrogens is 385 g/mol. The Bertz CT molecular complexity index is 966. The molecule has 1 N–H and O–H groups in total. The van der Waals surface area contributed by atoms with Gasteiger partial charge in [0.15, 0.2) is 6.67 Å². The van der Waals surface area contributed by atoms with Crippen LogP contribution in [0.15, 0.2) is 53.5 Å². The topological polar surface area (TPSA) is 63.4 Å². The minimum absolute atomic E-state index is 0.0501. The van der Waals surface area contributed by atoms with Crippen LogP contribution in [0.1, 0.15) is 25.3 Å². The first-order chi connectivity index (χ1) is 14.6. The fourth-order valence-electron chi connectivity index (χ4n) is 4.08. The number of piperidine rings is 1. The molecule has 2 aliphatic heterocycles. The summed E-state index contributed by atoms with van der Waals surface area (Å²) >= 11 is 0. The molecule has 0 atom stereocenters. The molecule has 6 nitrogen and oxygen atoms in total. The number of carbonyl (C=O) groups excluding carboxylic acids is 2. The van der Waals surface area contributed by atoms with Crippen molar-refractivity contribution in [3.8, 4) is 0 Å². The summed E-state index contributed by atoms with van der Waals surface area (Å²) in [5.74, 6) is -0.659. The summed E-state index contributed by atoms with van der Waals surface area (Å²) in [7, 11) is 0. The Kier molecular flexibility index (Phi) is 5.90. The minimum Gasteiger partial charge on any atom is -0.466 e. The number of fused-ring (bicyclic) bond motifs is 1. The molecule has 0 aromatic heterocycles. The SMILES string of the molecule is CCOC(=O)C1CC[NH+](CN2C(=O)C(=Nc3ccc(F)cc3)c3ccccc32)CC1. The molecule has 4 rings (SSSR count). The monoisotopic (exact) mass is 410 g/mol. The third-order valence-electron chi connectivity index (χ3n) is 5.66. The molecule has 0 bridgehead atoms. The van der Waals surface area contributed by atoms with Crippen molar-refractivity contribution in [1.29, 1.82) is 0 Å². The number of halogens is 1. The third-order valence-corrected chi connectivity index (χ3v) is 5.66. The Hall–Kier alpha value is -3.06. The second-order valence-electron chi connectivity index (χ2n) is 7.62. The number of nitrogens with one attached hydrogen (secondary N) is 1. The van der Waals surface area contributed by atoms with Gasteiger partial charge in [-0.15, -0.1) is 0 Å². The number of likely N-dealkylation sites (tertiary alicyclic amines) is 1. The van der Waals surface area contributed by atoms with Crippen molar-refractivity contribution in [1.82, 2.24) is 0 Å². The summed E-state index contributed by atoms with van der Waals surface area (Å²) in [6, 6.07) is 13.4. The number of rotatable bonds is 5. The number of ether oxygens (including phenoxy) is 1. The molecule has 156 valence electrons. The van der Waals surface area contributed by atoms with E-state index in [4.69, 9.17) is 4.74 Å². The van der Waals surface area contributed by atoms with Crippen LogP contribution in [0.3, 0.4) is 0 Å². The summed E-state index contributed by atoms with van der Waals surface area (Å²) in [4.78, 5) is 32.7. The molecule has 1 amide bonds. The lowest BCUT2D eigenvalue weighted by atomic mass is 9.97. The summed E-state index contributed by atoms with van der Waals surface area (Å²) in [6.45, 7) is 4.36. The van der Waals surface area contributed by atoms with E-state index >= 15 is 0 Å². The van der Waals surface area contributed by atoms with Crippen LogP contribution >= 0.6 is 0 Å². The van der Waals surface area contributed by atoms with Gasteiger partial charge in [0.1, 0.15) is 11.5 Å². The summed E-state index contributed by atoms with van der Waals surface area (Å²) in [5, 5.41) is 0. The first-order valence-electron chi connectivity index (χ1n) is 10.3. The molecule has 30 heavy (non-hydrogen) atoms. The third kappa shape index (κ3) is 4.11. The van der Waals surface area contributed by atoms with Crippen molar-refractivity contribution < 1.29 is 23.6 Å². The smallest absolute Gasteiger partial charge is 0.309 e. The average molecular weight is 410 g/mol. The zero-order chi connectivity index (χ0) is 21.1. The summed E-state index contributed by atoms with van der Waals surface area (Å²) in [6.07, 6.45) is 1.52. The van der Waals surface area contributed by atoms with Gasteiger partial charge in [-0.25, -0.2) is 9.38 Å². The highest BCUT2D eigenvalue weighted by Crippen LogP contribution is 2.30. The minimum atomic E-state index is -0.339. The number of anilines is 1. The van der Waals surface area contributed by atoms with Crippen molar-refractivity contribution in [3.05, 3.63) is 59.9 Å². The van der Waals surface area contributed by atoms with E-state index in [1.54, 1.807) is 17.0 Å². The quantitative estimate of drug-likeness (QED) is 0.768. The van der Waals surface area contributed by atoms with E-state index in [1.807, 2.05) is 31.2 Å². The Morgan fingerprint density at radius 2 is 1.87 bits per heavy atom. The standard InChI is InChI=1S/C23H24FN3O3/c1-2-30-23(29)16-11-13-26(14-12-16)15-27-20-6-4-3-5-19(20)21(22(27)28)25-18-9-7-17(24)8-10-18/h3-10,16H,2,11-15H2,1H3/p+1. The maximum absolute atomic E-state index is 13.2. The Labute approximate surface area is 175 Å². The first-order valence-corrected chi connectivity index (χ1v) is 10.3. The van der Waals surface area contributed by atoms with Crippen LogP contribution in [0.2, 0.25) is 0 Å². The second-order valence-corrected chi connectivity index (χ2v) is 7.62. The van der Waals surface area contributed by atoms with E-state index in [9.17, 15) is 14.0 Å². The van der Waals surface area contributed by atoms with Crippen LogP contribution in [0.5, 0.6) is 0 Å². The molecule has 7 heteroatoms. The molecule has 0 spiro atoms. The molecule has 2 aromatic carbocycles. The zero-order valence-electron chi connectivity index (χ0n) is 16.9. The first kappa shape index (κ1) is 20.2. The highest BCUT2D eigenvalue weighted by molar-refractivity contribution is 6.54. The highest BCUT2D eigenvalue weighted by atomic mass is 19.1. The fraction of sp³-hybridized carbons (Fsp3) is 0.348. The van der Waals surface area contributed by atoms with Gasteiger partial charge in [-0.3, -0.25) is 14.5 Å². The van der Waals surface area contributed by atoms with Crippen LogP contribution in [-0.2, 0) is 14.3 Å². The number of amides is 1. The molecule has 1 saturated heterocycles. The van der Waals surface area contributed by atoms with Gasteiger partial charge in [0, 0.05) is 18.4 Å². The van der Waals surface area contributed by atoms with E-state index in [0.717, 1.165) is 37.2 Å². The molecule has 2 aliphatic rings. The van der Waals surface area contributed by atoms with Gasteiger partial charge in [0.25, 0.3) is 5.91 Å². The van der Waals surface area contributed by atoms with Gasteiger partial charge in [-0.2, -0.15) is 0 Å². The fourth-order valence-corrected chi connectivity index (χ4v) is 4.08. The molecule has 2 heterocycles. The largest absolute Gasteiger partial charge is 0.466 e. The number of esters is 1. The lowest BCUT2D eigenvalue weighted by molar-refractivity contribution is -0.904. The van der Waals surface area contributed by atoms with E-state index < -0.39 is 0 Å². The van der Waals surface area contributed by atoms with Gasteiger partial charge in [0.05, 0.1) is 37.0 Å². The molecule has 1 fully saturated rings. The average Bonchev–Trinajstić information content (AvgIpc) is 3.02. The van der Waals surface area contributed by atoms with Crippen molar-refractivity contribution in [2.75, 3.05) is 31.3 Å². The van der Waals surface area contributed by atoms with Crippen LogP contribution in [0.25, 0.3) is 0 Å².